The largest absolute Gasteiger partial charge is 0.384 e. The molecule has 0 saturated heterocycles. The lowest BCUT2D eigenvalue weighted by Gasteiger charge is -2.27. The standard InChI is InChI=1S/C22H21FN2O/c1-22(26,15-7-9-16(23)10-8-15)13-25-18-6-4-3-5-17(18)20-19-11-14(21(20)25)12-24(19)2/h3-10,12,19,26H,11,13H2,1-2H3/t19-,22?/m0/s1. The third-order valence-corrected chi connectivity index (χ3v) is 5.84. The predicted molar refractivity (Wildman–Crippen MR) is 101 cm³/mol. The van der Waals surface area contributed by atoms with Crippen LogP contribution in [0.4, 0.5) is 4.39 Å². The molecule has 0 radical (unpaired) electrons. The Bertz CT molecular complexity index is 1050. The predicted octanol–water partition coefficient (Wildman–Crippen LogP) is 4.42. The van der Waals surface area contributed by atoms with E-state index in [9.17, 15) is 9.50 Å². The van der Waals surface area contributed by atoms with Gasteiger partial charge in [-0.3, -0.25) is 0 Å². The molecule has 1 N–H and O–H groups in total. The van der Waals surface area contributed by atoms with Gasteiger partial charge < -0.3 is 14.6 Å². The van der Waals surface area contributed by atoms with Crippen LogP contribution in [0.5, 0.6) is 0 Å². The molecule has 26 heavy (non-hydrogen) atoms. The van der Waals surface area contributed by atoms with Crippen molar-refractivity contribution in [2.24, 2.45) is 0 Å². The van der Waals surface area contributed by atoms with Gasteiger partial charge in [0.15, 0.2) is 0 Å². The lowest BCUT2D eigenvalue weighted by molar-refractivity contribution is 0.0392. The lowest BCUT2D eigenvalue weighted by atomic mass is 9.95. The molecular weight excluding hydrogens is 327 g/mol. The van der Waals surface area contributed by atoms with Crippen LogP contribution in [-0.4, -0.2) is 21.6 Å². The molecule has 2 atom stereocenters. The lowest BCUT2D eigenvalue weighted by Crippen LogP contribution is -2.28. The number of halogens is 1. The van der Waals surface area contributed by atoms with E-state index in [4.69, 9.17) is 0 Å². The van der Waals surface area contributed by atoms with Crippen LogP contribution in [0.1, 0.15) is 36.2 Å². The van der Waals surface area contributed by atoms with Crippen molar-refractivity contribution < 1.29 is 9.50 Å². The number of aromatic nitrogens is 1. The summed E-state index contributed by atoms with van der Waals surface area (Å²) in [6.45, 7) is 2.23. The molecule has 5 rings (SSSR count). The second-order valence-electron chi connectivity index (χ2n) is 7.69. The van der Waals surface area contributed by atoms with Gasteiger partial charge >= 0.3 is 0 Å². The zero-order valence-corrected chi connectivity index (χ0v) is 14.9. The average Bonchev–Trinajstić information content (AvgIpc) is 3.26. The minimum absolute atomic E-state index is 0.289. The van der Waals surface area contributed by atoms with Crippen LogP contribution in [0.2, 0.25) is 0 Å². The van der Waals surface area contributed by atoms with Crippen molar-refractivity contribution in [1.29, 1.82) is 0 Å². The average molecular weight is 348 g/mol. The summed E-state index contributed by atoms with van der Waals surface area (Å²) in [6, 6.07) is 14.9. The first kappa shape index (κ1) is 15.6. The number of hydrogen-bond donors (Lipinski definition) is 1. The van der Waals surface area contributed by atoms with Crippen molar-refractivity contribution in [2.45, 2.75) is 31.5 Å². The van der Waals surface area contributed by atoms with E-state index in [0.717, 1.165) is 17.5 Å². The Morgan fingerprint density at radius 1 is 1.15 bits per heavy atom. The van der Waals surface area contributed by atoms with E-state index in [1.807, 2.05) is 6.07 Å². The van der Waals surface area contributed by atoms with Gasteiger partial charge in [0.1, 0.15) is 11.4 Å². The van der Waals surface area contributed by atoms with E-state index in [0.29, 0.717) is 12.6 Å². The van der Waals surface area contributed by atoms with Crippen LogP contribution in [0.3, 0.4) is 0 Å². The molecule has 0 fully saturated rings. The Morgan fingerprint density at radius 2 is 1.88 bits per heavy atom. The minimum Gasteiger partial charge on any atom is -0.384 e. The van der Waals surface area contributed by atoms with Gasteiger partial charge in [0, 0.05) is 36.1 Å². The zero-order valence-electron chi connectivity index (χ0n) is 14.9. The molecule has 1 unspecified atom stereocenters. The van der Waals surface area contributed by atoms with Gasteiger partial charge in [-0.15, -0.1) is 0 Å². The molecule has 3 aromatic rings. The summed E-state index contributed by atoms with van der Waals surface area (Å²) in [4.78, 5) is 2.28. The summed E-state index contributed by atoms with van der Waals surface area (Å²) in [7, 11) is 2.13. The highest BCUT2D eigenvalue weighted by molar-refractivity contribution is 5.94. The van der Waals surface area contributed by atoms with E-state index in [-0.39, 0.29) is 5.82 Å². The zero-order chi connectivity index (χ0) is 18.1. The van der Waals surface area contributed by atoms with Crippen LogP contribution in [0.25, 0.3) is 16.5 Å². The van der Waals surface area contributed by atoms with E-state index in [2.05, 4.69) is 40.9 Å². The minimum atomic E-state index is -1.09. The van der Waals surface area contributed by atoms with E-state index in [1.54, 1.807) is 19.1 Å². The SMILES string of the molecule is CN1C=C2C[C@H]1c1c2n(CC(C)(O)c2ccc(F)cc2)c2ccccc12. The summed E-state index contributed by atoms with van der Waals surface area (Å²) in [5.74, 6) is -0.289. The first-order valence-corrected chi connectivity index (χ1v) is 8.98. The fourth-order valence-corrected chi connectivity index (χ4v) is 4.59. The molecule has 1 aliphatic heterocycles. The van der Waals surface area contributed by atoms with Crippen LogP contribution >= 0.6 is 0 Å². The molecule has 1 aromatic heterocycles. The van der Waals surface area contributed by atoms with Gasteiger partial charge in [-0.05, 0) is 36.3 Å². The van der Waals surface area contributed by atoms with Crippen LogP contribution in [0.15, 0.2) is 54.7 Å². The summed E-state index contributed by atoms with van der Waals surface area (Å²) in [5, 5.41) is 12.4. The maximum atomic E-state index is 13.3. The van der Waals surface area contributed by atoms with Crippen molar-refractivity contribution >= 4 is 16.5 Å². The van der Waals surface area contributed by atoms with Crippen molar-refractivity contribution in [1.82, 2.24) is 9.47 Å². The topological polar surface area (TPSA) is 28.4 Å². The van der Waals surface area contributed by atoms with Crippen molar-refractivity contribution in [3.63, 3.8) is 0 Å². The summed E-state index contributed by atoms with van der Waals surface area (Å²) >= 11 is 0. The molecule has 132 valence electrons. The van der Waals surface area contributed by atoms with Crippen LogP contribution < -0.4 is 0 Å². The maximum absolute atomic E-state index is 13.3. The normalized spacial score (nSPS) is 20.4. The highest BCUT2D eigenvalue weighted by Gasteiger charge is 2.40. The number of benzene rings is 2. The van der Waals surface area contributed by atoms with Crippen molar-refractivity contribution in [3.05, 3.63) is 77.4 Å². The van der Waals surface area contributed by atoms with Gasteiger partial charge in [-0.2, -0.15) is 0 Å². The summed E-state index contributed by atoms with van der Waals surface area (Å²) in [6.07, 6.45) is 3.25. The quantitative estimate of drug-likeness (QED) is 0.759. The molecule has 3 nitrogen and oxygen atoms in total. The van der Waals surface area contributed by atoms with Gasteiger partial charge in [-0.1, -0.05) is 30.3 Å². The molecule has 4 heteroatoms. The van der Waals surface area contributed by atoms with Crippen molar-refractivity contribution in [3.8, 4) is 0 Å². The molecular formula is C22H21FN2O. The molecule has 2 aromatic carbocycles. The van der Waals surface area contributed by atoms with E-state index in [1.165, 1.54) is 34.3 Å². The van der Waals surface area contributed by atoms with Gasteiger partial charge in [0.05, 0.1) is 18.3 Å². The van der Waals surface area contributed by atoms with E-state index < -0.39 is 5.60 Å². The molecule has 2 bridgehead atoms. The number of nitrogens with zero attached hydrogens (tertiary/aromatic N) is 2. The van der Waals surface area contributed by atoms with Crippen molar-refractivity contribution in [2.75, 3.05) is 7.05 Å². The summed E-state index contributed by atoms with van der Waals surface area (Å²) < 4.78 is 15.5. The number of fused-ring (bicyclic) bond motifs is 7. The van der Waals surface area contributed by atoms with Gasteiger partial charge in [-0.25, -0.2) is 4.39 Å². The molecule has 0 spiro atoms. The molecule has 2 aliphatic rings. The molecule has 1 aliphatic carbocycles. The Hall–Kier alpha value is -2.59. The number of hydrogen-bond acceptors (Lipinski definition) is 2. The Balaban J connectivity index is 1.66. The first-order chi connectivity index (χ1) is 12.5. The third kappa shape index (κ3) is 2.08. The maximum Gasteiger partial charge on any atom is 0.123 e. The number of para-hydroxylation sites is 1. The van der Waals surface area contributed by atoms with Crippen LogP contribution in [0, 0.1) is 5.82 Å². The number of aliphatic hydroxyl groups is 1. The fourth-order valence-electron chi connectivity index (χ4n) is 4.59. The molecule has 2 heterocycles. The Morgan fingerprint density at radius 3 is 2.65 bits per heavy atom. The van der Waals surface area contributed by atoms with Crippen LogP contribution in [-0.2, 0) is 12.1 Å². The van der Waals surface area contributed by atoms with E-state index >= 15 is 0 Å². The molecule has 0 saturated carbocycles. The highest BCUT2D eigenvalue weighted by atomic mass is 19.1. The fraction of sp³-hybridized carbons (Fsp3) is 0.273. The molecule has 0 amide bonds. The smallest absolute Gasteiger partial charge is 0.123 e. The van der Waals surface area contributed by atoms with Gasteiger partial charge in [0.2, 0.25) is 0 Å². The number of rotatable bonds is 3. The second-order valence-corrected chi connectivity index (χ2v) is 7.69. The monoisotopic (exact) mass is 348 g/mol. The Kier molecular flexibility index (Phi) is 3.13. The third-order valence-electron chi connectivity index (χ3n) is 5.84. The highest BCUT2D eigenvalue weighted by Crippen LogP contribution is 2.52. The summed E-state index contributed by atoms with van der Waals surface area (Å²) in [5.41, 5.74) is 4.73. The van der Waals surface area contributed by atoms with Gasteiger partial charge in [0.25, 0.3) is 0 Å². The second kappa shape index (κ2) is 5.21. The first-order valence-electron chi connectivity index (χ1n) is 8.98. The Labute approximate surface area is 152 Å².